The maximum Gasteiger partial charge on any atom is 0.159 e. The lowest BCUT2D eigenvalue weighted by atomic mass is 9.98. The van der Waals surface area contributed by atoms with Gasteiger partial charge in [-0.15, -0.1) is 0 Å². The van der Waals surface area contributed by atoms with Crippen molar-refractivity contribution in [1.82, 2.24) is 14.6 Å². The lowest BCUT2D eigenvalue weighted by molar-refractivity contribution is 0.554. The molecule has 0 bridgehead atoms. The molecule has 2 aromatic rings. The lowest BCUT2D eigenvalue weighted by Gasteiger charge is -2.24. The molecule has 114 valence electrons. The molecular formula is C16H23ClN4. The molecule has 21 heavy (non-hydrogen) atoms. The average Bonchev–Trinajstić information content (AvgIpc) is 3.08. The fourth-order valence-corrected chi connectivity index (χ4v) is 3.35. The van der Waals surface area contributed by atoms with Gasteiger partial charge in [0, 0.05) is 17.7 Å². The van der Waals surface area contributed by atoms with Crippen LogP contribution in [0.1, 0.15) is 57.9 Å². The van der Waals surface area contributed by atoms with Crippen LogP contribution in [0.3, 0.4) is 0 Å². The monoisotopic (exact) mass is 306 g/mol. The van der Waals surface area contributed by atoms with Gasteiger partial charge in [-0.1, -0.05) is 38.3 Å². The molecule has 1 N–H and O–H groups in total. The van der Waals surface area contributed by atoms with E-state index in [1.54, 1.807) is 6.20 Å². The maximum absolute atomic E-state index is 6.52. The van der Waals surface area contributed by atoms with Crippen LogP contribution in [0, 0.1) is 5.92 Å². The Morgan fingerprint density at radius 3 is 2.67 bits per heavy atom. The van der Waals surface area contributed by atoms with Crippen LogP contribution in [0.25, 0.3) is 5.65 Å². The Bertz CT molecular complexity index is 628. The zero-order valence-electron chi connectivity index (χ0n) is 12.9. The van der Waals surface area contributed by atoms with Crippen LogP contribution in [0.5, 0.6) is 0 Å². The lowest BCUT2D eigenvalue weighted by Crippen LogP contribution is -2.25. The first-order valence-electron chi connectivity index (χ1n) is 7.87. The second-order valence-corrected chi connectivity index (χ2v) is 6.78. The van der Waals surface area contributed by atoms with E-state index in [9.17, 15) is 0 Å². The van der Waals surface area contributed by atoms with Crippen LogP contribution in [0.2, 0.25) is 5.15 Å². The van der Waals surface area contributed by atoms with Crippen LogP contribution in [-0.2, 0) is 0 Å². The molecule has 0 aliphatic heterocycles. The molecule has 4 nitrogen and oxygen atoms in total. The summed E-state index contributed by atoms with van der Waals surface area (Å²) in [5.74, 6) is 2.07. The summed E-state index contributed by atoms with van der Waals surface area (Å²) < 4.78 is 1.90. The summed E-state index contributed by atoms with van der Waals surface area (Å²) in [5.41, 5.74) is 1.96. The van der Waals surface area contributed by atoms with E-state index in [0.717, 1.165) is 17.0 Å². The second-order valence-electron chi connectivity index (χ2n) is 6.42. The van der Waals surface area contributed by atoms with Gasteiger partial charge in [-0.05, 0) is 31.6 Å². The minimum absolute atomic E-state index is 0.357. The summed E-state index contributed by atoms with van der Waals surface area (Å²) in [6.07, 6.45) is 6.72. The van der Waals surface area contributed by atoms with Gasteiger partial charge in [0.05, 0.1) is 6.20 Å². The molecule has 5 heteroatoms. The Morgan fingerprint density at radius 2 is 2.00 bits per heavy atom. The third kappa shape index (κ3) is 2.73. The van der Waals surface area contributed by atoms with Crippen LogP contribution >= 0.6 is 11.6 Å². The molecule has 2 heterocycles. The van der Waals surface area contributed by atoms with E-state index in [-0.39, 0.29) is 0 Å². The van der Waals surface area contributed by atoms with Crippen LogP contribution in [0.15, 0.2) is 12.3 Å². The molecule has 0 saturated heterocycles. The number of nitrogens with one attached hydrogen (secondary N) is 1. The molecule has 0 unspecified atom stereocenters. The Kier molecular flexibility index (Phi) is 4.07. The quantitative estimate of drug-likeness (QED) is 0.846. The summed E-state index contributed by atoms with van der Waals surface area (Å²) in [6.45, 7) is 6.64. The largest absolute Gasteiger partial charge is 0.367 e. The van der Waals surface area contributed by atoms with Gasteiger partial charge in [0.25, 0.3) is 0 Å². The Morgan fingerprint density at radius 1 is 1.29 bits per heavy atom. The number of nitrogens with zero attached hydrogens (tertiary/aromatic N) is 3. The Balaban J connectivity index is 2.11. The number of anilines is 1. The van der Waals surface area contributed by atoms with Crippen molar-refractivity contribution in [2.45, 2.75) is 58.4 Å². The first-order valence-corrected chi connectivity index (χ1v) is 8.25. The van der Waals surface area contributed by atoms with Gasteiger partial charge in [0.15, 0.2) is 5.65 Å². The van der Waals surface area contributed by atoms with E-state index in [2.05, 4.69) is 36.2 Å². The summed E-state index contributed by atoms with van der Waals surface area (Å²) in [6, 6.07) is 2.26. The van der Waals surface area contributed by atoms with E-state index in [4.69, 9.17) is 11.6 Å². The molecule has 1 fully saturated rings. The predicted molar refractivity (Wildman–Crippen MR) is 87.1 cm³/mol. The summed E-state index contributed by atoms with van der Waals surface area (Å²) in [4.78, 5) is 4.52. The van der Waals surface area contributed by atoms with Crippen molar-refractivity contribution in [3.63, 3.8) is 0 Å². The van der Waals surface area contributed by atoms with Crippen molar-refractivity contribution in [2.24, 2.45) is 5.92 Å². The van der Waals surface area contributed by atoms with Crippen molar-refractivity contribution in [3.05, 3.63) is 23.0 Å². The fraction of sp³-hybridized carbons (Fsp3) is 0.625. The van der Waals surface area contributed by atoms with E-state index in [1.165, 1.54) is 25.7 Å². The number of hydrogen-bond donors (Lipinski definition) is 1. The molecule has 1 atom stereocenters. The highest BCUT2D eigenvalue weighted by Gasteiger charge is 2.26. The molecular weight excluding hydrogens is 284 g/mol. The van der Waals surface area contributed by atoms with Crippen LogP contribution in [-0.4, -0.2) is 20.6 Å². The number of halogens is 1. The van der Waals surface area contributed by atoms with Gasteiger partial charge >= 0.3 is 0 Å². The number of hydrogen-bond acceptors (Lipinski definition) is 3. The average molecular weight is 307 g/mol. The molecule has 0 radical (unpaired) electrons. The van der Waals surface area contributed by atoms with Gasteiger partial charge in [-0.3, -0.25) is 0 Å². The molecule has 1 aliphatic carbocycles. The highest BCUT2D eigenvalue weighted by Crippen LogP contribution is 2.41. The van der Waals surface area contributed by atoms with Gasteiger partial charge in [0.2, 0.25) is 0 Å². The molecule has 0 aromatic carbocycles. The summed E-state index contributed by atoms with van der Waals surface area (Å²) in [5, 5.41) is 8.70. The Labute approximate surface area is 130 Å². The molecule has 1 saturated carbocycles. The van der Waals surface area contributed by atoms with Crippen molar-refractivity contribution >= 4 is 23.1 Å². The zero-order chi connectivity index (χ0) is 15.0. The summed E-state index contributed by atoms with van der Waals surface area (Å²) in [7, 11) is 0. The van der Waals surface area contributed by atoms with Gasteiger partial charge < -0.3 is 5.32 Å². The minimum atomic E-state index is 0.357. The topological polar surface area (TPSA) is 42.2 Å². The number of rotatable bonds is 4. The number of aromatic nitrogens is 3. The zero-order valence-corrected chi connectivity index (χ0v) is 13.7. The van der Waals surface area contributed by atoms with Crippen molar-refractivity contribution in [1.29, 1.82) is 0 Å². The highest BCUT2D eigenvalue weighted by atomic mass is 35.5. The van der Waals surface area contributed by atoms with Crippen LogP contribution in [0.4, 0.5) is 5.82 Å². The highest BCUT2D eigenvalue weighted by molar-refractivity contribution is 6.30. The van der Waals surface area contributed by atoms with E-state index in [1.807, 2.05) is 10.6 Å². The normalized spacial score (nSPS) is 17.8. The van der Waals surface area contributed by atoms with E-state index in [0.29, 0.717) is 23.0 Å². The molecule has 2 aromatic heterocycles. The fourth-order valence-electron chi connectivity index (χ4n) is 3.02. The van der Waals surface area contributed by atoms with E-state index >= 15 is 0 Å². The second kappa shape index (κ2) is 5.84. The van der Waals surface area contributed by atoms with Crippen molar-refractivity contribution < 1.29 is 0 Å². The SMILES string of the molecule is CC(C)[C@H](C)Nc1c(C2CCCC2)c(Cl)nc2ccnn12. The molecule has 0 spiro atoms. The smallest absolute Gasteiger partial charge is 0.159 e. The minimum Gasteiger partial charge on any atom is -0.367 e. The maximum atomic E-state index is 6.52. The molecule has 0 amide bonds. The summed E-state index contributed by atoms with van der Waals surface area (Å²) >= 11 is 6.52. The third-order valence-corrected chi connectivity index (χ3v) is 4.94. The van der Waals surface area contributed by atoms with Crippen molar-refractivity contribution in [3.8, 4) is 0 Å². The predicted octanol–water partition coefficient (Wildman–Crippen LogP) is 4.50. The van der Waals surface area contributed by atoms with Gasteiger partial charge in [-0.2, -0.15) is 9.61 Å². The standard InChI is InChI=1S/C16H23ClN4/c1-10(2)11(3)19-16-14(12-6-4-5-7-12)15(17)20-13-8-9-18-21(13)16/h8-12,19H,4-7H2,1-3H3/t11-/m0/s1. The number of fused-ring (bicyclic) bond motifs is 1. The first-order chi connectivity index (χ1) is 10.1. The van der Waals surface area contributed by atoms with Crippen molar-refractivity contribution in [2.75, 3.05) is 5.32 Å². The van der Waals surface area contributed by atoms with Gasteiger partial charge in [-0.25, -0.2) is 4.98 Å². The van der Waals surface area contributed by atoms with Gasteiger partial charge in [0.1, 0.15) is 11.0 Å². The Hall–Kier alpha value is -1.29. The van der Waals surface area contributed by atoms with E-state index < -0.39 is 0 Å². The molecule has 3 rings (SSSR count). The third-order valence-electron chi connectivity index (χ3n) is 4.65. The van der Waals surface area contributed by atoms with Crippen LogP contribution < -0.4 is 5.32 Å². The first kappa shape index (κ1) is 14.6. The molecule has 1 aliphatic rings.